The van der Waals surface area contributed by atoms with Gasteiger partial charge in [0.05, 0.1) is 18.5 Å². The SMILES string of the molecule is COc1ccc2c(c1)N(Cc1ccccc1)CCN2C(=O)Nc1ccccc1C. The summed E-state index contributed by atoms with van der Waals surface area (Å²) in [5, 5.41) is 3.05. The van der Waals surface area contributed by atoms with Crippen LogP contribution in [0.2, 0.25) is 0 Å². The first kappa shape index (κ1) is 18.9. The summed E-state index contributed by atoms with van der Waals surface area (Å²) in [6, 6.07) is 23.9. The Balaban J connectivity index is 1.62. The van der Waals surface area contributed by atoms with E-state index >= 15 is 0 Å². The molecule has 0 fully saturated rings. The number of anilines is 3. The van der Waals surface area contributed by atoms with Gasteiger partial charge in [-0.15, -0.1) is 0 Å². The molecule has 0 aromatic heterocycles. The Morgan fingerprint density at radius 1 is 0.966 bits per heavy atom. The minimum atomic E-state index is -0.120. The summed E-state index contributed by atoms with van der Waals surface area (Å²) in [4.78, 5) is 17.2. The zero-order valence-corrected chi connectivity index (χ0v) is 16.8. The minimum Gasteiger partial charge on any atom is -0.497 e. The maximum atomic E-state index is 13.1. The molecule has 0 saturated carbocycles. The largest absolute Gasteiger partial charge is 0.497 e. The predicted octanol–water partition coefficient (Wildman–Crippen LogP) is 5.06. The molecule has 3 aromatic carbocycles. The molecule has 148 valence electrons. The summed E-state index contributed by atoms with van der Waals surface area (Å²) in [7, 11) is 1.66. The number of hydrogen-bond acceptors (Lipinski definition) is 3. The lowest BCUT2D eigenvalue weighted by molar-refractivity contribution is 0.256. The summed E-state index contributed by atoms with van der Waals surface area (Å²) in [6.07, 6.45) is 0. The maximum absolute atomic E-state index is 13.1. The highest BCUT2D eigenvalue weighted by Gasteiger charge is 2.27. The second-order valence-electron chi connectivity index (χ2n) is 7.16. The van der Waals surface area contributed by atoms with Crippen LogP contribution in [0.4, 0.5) is 21.9 Å². The summed E-state index contributed by atoms with van der Waals surface area (Å²) in [5.74, 6) is 0.781. The maximum Gasteiger partial charge on any atom is 0.326 e. The molecule has 1 aliphatic rings. The van der Waals surface area contributed by atoms with Gasteiger partial charge < -0.3 is 15.0 Å². The molecule has 0 spiro atoms. The van der Waals surface area contributed by atoms with Crippen molar-refractivity contribution in [1.29, 1.82) is 0 Å². The van der Waals surface area contributed by atoms with Gasteiger partial charge in [-0.3, -0.25) is 4.90 Å². The third-order valence-corrected chi connectivity index (χ3v) is 5.26. The van der Waals surface area contributed by atoms with E-state index in [1.54, 1.807) is 7.11 Å². The van der Waals surface area contributed by atoms with Gasteiger partial charge >= 0.3 is 6.03 Å². The summed E-state index contributed by atoms with van der Waals surface area (Å²) in [5.41, 5.74) is 5.00. The van der Waals surface area contributed by atoms with Crippen LogP contribution in [-0.4, -0.2) is 26.2 Å². The highest BCUT2D eigenvalue weighted by Crippen LogP contribution is 2.37. The van der Waals surface area contributed by atoms with Gasteiger partial charge in [-0.2, -0.15) is 0 Å². The van der Waals surface area contributed by atoms with E-state index in [1.165, 1.54) is 5.56 Å². The van der Waals surface area contributed by atoms with Crippen molar-refractivity contribution in [3.8, 4) is 5.75 Å². The monoisotopic (exact) mass is 387 g/mol. The molecule has 3 aromatic rings. The normalized spacial score (nSPS) is 13.0. The van der Waals surface area contributed by atoms with E-state index in [0.29, 0.717) is 6.54 Å². The molecule has 1 aliphatic heterocycles. The first-order valence-corrected chi connectivity index (χ1v) is 9.77. The van der Waals surface area contributed by atoms with Gasteiger partial charge in [0.25, 0.3) is 0 Å². The zero-order valence-electron chi connectivity index (χ0n) is 16.8. The predicted molar refractivity (Wildman–Crippen MR) is 118 cm³/mol. The van der Waals surface area contributed by atoms with Crippen LogP contribution >= 0.6 is 0 Å². The molecule has 5 heteroatoms. The molecule has 4 rings (SSSR count). The molecule has 5 nitrogen and oxygen atoms in total. The molecular weight excluding hydrogens is 362 g/mol. The molecular formula is C24H25N3O2. The van der Waals surface area contributed by atoms with Crippen LogP contribution in [0.5, 0.6) is 5.75 Å². The second kappa shape index (κ2) is 8.27. The molecule has 0 bridgehead atoms. The van der Waals surface area contributed by atoms with Gasteiger partial charge in [0.15, 0.2) is 0 Å². The quantitative estimate of drug-likeness (QED) is 0.680. The number of hydrogen-bond donors (Lipinski definition) is 1. The van der Waals surface area contributed by atoms with E-state index in [-0.39, 0.29) is 6.03 Å². The summed E-state index contributed by atoms with van der Waals surface area (Å²) < 4.78 is 5.44. The van der Waals surface area contributed by atoms with Gasteiger partial charge in [0, 0.05) is 31.4 Å². The first-order valence-electron chi connectivity index (χ1n) is 9.77. The van der Waals surface area contributed by atoms with Crippen LogP contribution in [0, 0.1) is 6.92 Å². The van der Waals surface area contributed by atoms with Crippen LogP contribution in [-0.2, 0) is 6.54 Å². The van der Waals surface area contributed by atoms with Crippen LogP contribution in [0.3, 0.4) is 0 Å². The van der Waals surface area contributed by atoms with Crippen LogP contribution in [0.25, 0.3) is 0 Å². The number of nitrogens with zero attached hydrogens (tertiary/aromatic N) is 2. The van der Waals surface area contributed by atoms with Crippen molar-refractivity contribution < 1.29 is 9.53 Å². The Hall–Kier alpha value is -3.47. The topological polar surface area (TPSA) is 44.8 Å². The van der Waals surface area contributed by atoms with E-state index in [1.807, 2.05) is 72.5 Å². The fraction of sp³-hybridized carbons (Fsp3) is 0.208. The standard InChI is InChI=1S/C24H25N3O2/c1-18-8-6-7-11-21(18)25-24(28)27-15-14-26(17-19-9-4-3-5-10-19)23-16-20(29-2)12-13-22(23)27/h3-13,16H,14-15,17H2,1-2H3,(H,25,28). The Bertz CT molecular complexity index is 1000. The molecule has 0 radical (unpaired) electrons. The minimum absolute atomic E-state index is 0.120. The van der Waals surface area contributed by atoms with E-state index in [0.717, 1.165) is 41.5 Å². The molecule has 0 atom stereocenters. The lowest BCUT2D eigenvalue weighted by Crippen LogP contribution is -2.45. The third-order valence-electron chi connectivity index (χ3n) is 5.26. The van der Waals surface area contributed by atoms with E-state index in [4.69, 9.17) is 4.74 Å². The number of urea groups is 1. The highest BCUT2D eigenvalue weighted by molar-refractivity contribution is 6.05. The van der Waals surface area contributed by atoms with E-state index in [9.17, 15) is 4.79 Å². The van der Waals surface area contributed by atoms with Crippen molar-refractivity contribution in [3.05, 3.63) is 83.9 Å². The summed E-state index contributed by atoms with van der Waals surface area (Å²) in [6.45, 7) is 4.14. The molecule has 1 heterocycles. The Morgan fingerprint density at radius 3 is 2.48 bits per heavy atom. The fourth-order valence-corrected chi connectivity index (χ4v) is 3.65. The smallest absolute Gasteiger partial charge is 0.326 e. The first-order chi connectivity index (χ1) is 14.2. The van der Waals surface area contributed by atoms with Gasteiger partial charge in [-0.1, -0.05) is 48.5 Å². The number of amides is 2. The number of para-hydroxylation sites is 1. The van der Waals surface area contributed by atoms with Gasteiger partial charge in [-0.05, 0) is 36.2 Å². The number of nitrogens with one attached hydrogen (secondary N) is 1. The van der Waals surface area contributed by atoms with Crippen molar-refractivity contribution in [2.75, 3.05) is 35.3 Å². The molecule has 1 N–H and O–H groups in total. The average molecular weight is 387 g/mol. The molecule has 29 heavy (non-hydrogen) atoms. The van der Waals surface area contributed by atoms with Crippen molar-refractivity contribution in [3.63, 3.8) is 0 Å². The third kappa shape index (κ3) is 4.04. The molecule has 0 saturated heterocycles. The number of ether oxygens (including phenoxy) is 1. The van der Waals surface area contributed by atoms with Crippen molar-refractivity contribution in [2.45, 2.75) is 13.5 Å². The number of rotatable bonds is 4. The lowest BCUT2D eigenvalue weighted by Gasteiger charge is -2.38. The Morgan fingerprint density at radius 2 is 1.72 bits per heavy atom. The van der Waals surface area contributed by atoms with Crippen LogP contribution < -0.4 is 19.9 Å². The summed E-state index contributed by atoms with van der Waals surface area (Å²) >= 11 is 0. The number of benzene rings is 3. The van der Waals surface area contributed by atoms with E-state index < -0.39 is 0 Å². The fourth-order valence-electron chi connectivity index (χ4n) is 3.65. The zero-order chi connectivity index (χ0) is 20.2. The van der Waals surface area contributed by atoms with Crippen molar-refractivity contribution in [2.24, 2.45) is 0 Å². The number of carbonyl (C=O) groups is 1. The van der Waals surface area contributed by atoms with Gasteiger partial charge in [0.1, 0.15) is 5.75 Å². The van der Waals surface area contributed by atoms with Crippen LogP contribution in [0.15, 0.2) is 72.8 Å². The Kier molecular flexibility index (Phi) is 5.38. The number of carbonyl (C=O) groups excluding carboxylic acids is 1. The second-order valence-corrected chi connectivity index (χ2v) is 7.16. The van der Waals surface area contributed by atoms with Crippen LogP contribution in [0.1, 0.15) is 11.1 Å². The number of aryl methyl sites for hydroxylation is 1. The molecule has 0 aliphatic carbocycles. The average Bonchev–Trinajstić information content (AvgIpc) is 2.76. The van der Waals surface area contributed by atoms with E-state index in [2.05, 4.69) is 22.3 Å². The van der Waals surface area contributed by atoms with Crippen molar-refractivity contribution >= 4 is 23.1 Å². The number of fused-ring (bicyclic) bond motifs is 1. The highest BCUT2D eigenvalue weighted by atomic mass is 16.5. The molecule has 2 amide bonds. The van der Waals surface area contributed by atoms with Gasteiger partial charge in [-0.25, -0.2) is 4.79 Å². The van der Waals surface area contributed by atoms with Crippen molar-refractivity contribution in [1.82, 2.24) is 0 Å². The molecule has 0 unspecified atom stereocenters. The lowest BCUT2D eigenvalue weighted by atomic mass is 10.1. The number of methoxy groups -OCH3 is 1. The van der Waals surface area contributed by atoms with Gasteiger partial charge in [0.2, 0.25) is 0 Å². The Labute approximate surface area is 171 Å².